The van der Waals surface area contributed by atoms with Gasteiger partial charge in [0.15, 0.2) is 0 Å². The van der Waals surface area contributed by atoms with E-state index in [0.29, 0.717) is 18.0 Å². The minimum Gasteiger partial charge on any atom is -0.393 e. The second-order valence-corrected chi connectivity index (χ2v) is 5.19. The Balaban J connectivity index is 1.87. The molecule has 4 heteroatoms. The zero-order chi connectivity index (χ0) is 13.0. The van der Waals surface area contributed by atoms with Crippen molar-refractivity contribution < 1.29 is 4.79 Å². The highest BCUT2D eigenvalue weighted by atomic mass is 32.1. The van der Waals surface area contributed by atoms with Crippen LogP contribution in [0, 0.1) is 0 Å². The molecule has 3 N–H and O–H groups in total. The maximum absolute atomic E-state index is 11.9. The molecule has 1 aliphatic carbocycles. The van der Waals surface area contributed by atoms with E-state index in [-0.39, 0.29) is 5.91 Å². The second-order valence-electron chi connectivity index (χ2n) is 4.66. The number of thiocarbonyl (C=S) groups is 1. The van der Waals surface area contributed by atoms with E-state index in [4.69, 9.17) is 18.0 Å². The van der Waals surface area contributed by atoms with E-state index in [0.717, 1.165) is 24.8 Å². The van der Waals surface area contributed by atoms with Crippen molar-refractivity contribution in [3.8, 4) is 0 Å². The summed E-state index contributed by atoms with van der Waals surface area (Å²) in [5, 5.41) is 2.89. The molecule has 2 rings (SSSR count). The van der Waals surface area contributed by atoms with E-state index in [9.17, 15) is 4.79 Å². The first-order chi connectivity index (χ1) is 8.66. The van der Waals surface area contributed by atoms with E-state index >= 15 is 0 Å². The van der Waals surface area contributed by atoms with Crippen LogP contribution in [0.5, 0.6) is 0 Å². The Labute approximate surface area is 113 Å². The van der Waals surface area contributed by atoms with Crippen molar-refractivity contribution in [1.82, 2.24) is 5.32 Å². The lowest BCUT2D eigenvalue weighted by Gasteiger charge is -2.06. The summed E-state index contributed by atoms with van der Waals surface area (Å²) in [5.41, 5.74) is 8.87. The monoisotopic (exact) mass is 262 g/mol. The fourth-order valence-electron chi connectivity index (χ4n) is 2.28. The molecule has 1 aliphatic rings. The van der Waals surface area contributed by atoms with Crippen LogP contribution in [0.15, 0.2) is 18.2 Å². The van der Waals surface area contributed by atoms with Gasteiger partial charge in [-0.05, 0) is 55.4 Å². The number of benzene rings is 1. The molecular weight excluding hydrogens is 244 g/mol. The van der Waals surface area contributed by atoms with Crippen molar-refractivity contribution >= 4 is 23.1 Å². The lowest BCUT2D eigenvalue weighted by Crippen LogP contribution is -2.25. The molecule has 0 aromatic heterocycles. The number of fused-ring (bicyclic) bond motifs is 1. The highest BCUT2D eigenvalue weighted by molar-refractivity contribution is 7.80. The Morgan fingerprint density at radius 1 is 1.33 bits per heavy atom. The number of amides is 1. The van der Waals surface area contributed by atoms with Crippen molar-refractivity contribution in [1.29, 1.82) is 0 Å². The third-order valence-electron chi connectivity index (χ3n) is 3.25. The Morgan fingerprint density at radius 3 is 2.89 bits per heavy atom. The predicted octanol–water partition coefficient (Wildman–Crippen LogP) is 1.97. The molecule has 0 bridgehead atoms. The van der Waals surface area contributed by atoms with Gasteiger partial charge in [-0.15, -0.1) is 0 Å². The number of rotatable bonds is 5. The van der Waals surface area contributed by atoms with Crippen LogP contribution in [0.1, 0.15) is 40.7 Å². The number of carbonyl (C=O) groups excluding carboxylic acids is 1. The molecule has 0 unspecified atom stereocenters. The van der Waals surface area contributed by atoms with Crippen LogP contribution in [-0.2, 0) is 12.8 Å². The molecule has 0 heterocycles. The number of carbonyl (C=O) groups is 1. The summed E-state index contributed by atoms with van der Waals surface area (Å²) in [6.45, 7) is 0.618. The molecule has 0 fully saturated rings. The van der Waals surface area contributed by atoms with E-state index in [1.807, 2.05) is 12.1 Å². The zero-order valence-corrected chi connectivity index (χ0v) is 11.2. The first kappa shape index (κ1) is 13.0. The number of nitrogens with one attached hydrogen (secondary N) is 1. The molecule has 18 heavy (non-hydrogen) atoms. The number of nitrogens with two attached hydrogens (primary N) is 1. The average molecular weight is 262 g/mol. The first-order valence-corrected chi connectivity index (χ1v) is 6.76. The molecular formula is C14H18N2OS. The summed E-state index contributed by atoms with van der Waals surface area (Å²) in [7, 11) is 0. The van der Waals surface area contributed by atoms with Crippen LogP contribution in [0.4, 0.5) is 0 Å². The van der Waals surface area contributed by atoms with Crippen LogP contribution < -0.4 is 11.1 Å². The number of hydrogen-bond acceptors (Lipinski definition) is 2. The van der Waals surface area contributed by atoms with Gasteiger partial charge in [0.1, 0.15) is 0 Å². The predicted molar refractivity (Wildman–Crippen MR) is 76.8 cm³/mol. The van der Waals surface area contributed by atoms with Crippen molar-refractivity contribution in [3.63, 3.8) is 0 Å². The van der Waals surface area contributed by atoms with Gasteiger partial charge in [-0.2, -0.15) is 0 Å². The summed E-state index contributed by atoms with van der Waals surface area (Å²) in [4.78, 5) is 12.4. The van der Waals surface area contributed by atoms with Crippen molar-refractivity contribution in [2.24, 2.45) is 5.73 Å². The van der Waals surface area contributed by atoms with Crippen molar-refractivity contribution in [2.75, 3.05) is 6.54 Å². The molecule has 96 valence electrons. The second kappa shape index (κ2) is 5.96. The standard InChI is InChI=1S/C14H18N2OS/c15-13(18)5-2-8-16-14(17)12-7-6-10-3-1-4-11(10)9-12/h6-7,9H,1-5,8H2,(H2,15,18)(H,16,17). The third kappa shape index (κ3) is 3.29. The highest BCUT2D eigenvalue weighted by Crippen LogP contribution is 2.22. The summed E-state index contributed by atoms with van der Waals surface area (Å²) in [5.74, 6) is -0.00682. The molecule has 1 aromatic carbocycles. The van der Waals surface area contributed by atoms with Gasteiger partial charge in [0.05, 0.1) is 4.99 Å². The van der Waals surface area contributed by atoms with Gasteiger partial charge < -0.3 is 11.1 Å². The zero-order valence-electron chi connectivity index (χ0n) is 10.4. The fraction of sp³-hybridized carbons (Fsp3) is 0.429. The minimum atomic E-state index is -0.00682. The Morgan fingerprint density at radius 2 is 2.11 bits per heavy atom. The summed E-state index contributed by atoms with van der Waals surface area (Å²) >= 11 is 4.79. The molecule has 0 radical (unpaired) electrons. The largest absolute Gasteiger partial charge is 0.393 e. The van der Waals surface area contributed by atoms with Gasteiger partial charge in [0, 0.05) is 12.1 Å². The lowest BCUT2D eigenvalue weighted by molar-refractivity contribution is 0.0953. The normalized spacial score (nSPS) is 13.1. The molecule has 1 amide bonds. The molecule has 0 aliphatic heterocycles. The van der Waals surface area contributed by atoms with Gasteiger partial charge in [0.25, 0.3) is 5.91 Å². The van der Waals surface area contributed by atoms with E-state index in [1.54, 1.807) is 0 Å². The maximum atomic E-state index is 11.9. The summed E-state index contributed by atoms with van der Waals surface area (Å²) in [6.07, 6.45) is 4.92. The van der Waals surface area contributed by atoms with Crippen LogP contribution in [-0.4, -0.2) is 17.4 Å². The molecule has 0 saturated carbocycles. The Kier molecular flexibility index (Phi) is 4.31. The van der Waals surface area contributed by atoms with Gasteiger partial charge in [-0.3, -0.25) is 4.79 Å². The smallest absolute Gasteiger partial charge is 0.251 e. The van der Waals surface area contributed by atoms with Gasteiger partial charge >= 0.3 is 0 Å². The quantitative estimate of drug-likeness (QED) is 0.630. The Bertz CT molecular complexity index is 471. The number of hydrogen-bond donors (Lipinski definition) is 2. The minimum absolute atomic E-state index is 0.00682. The summed E-state index contributed by atoms with van der Waals surface area (Å²) in [6, 6.07) is 6.00. The molecule has 0 spiro atoms. The maximum Gasteiger partial charge on any atom is 0.251 e. The molecule has 1 aromatic rings. The topological polar surface area (TPSA) is 55.1 Å². The average Bonchev–Trinajstić information content (AvgIpc) is 2.81. The lowest BCUT2D eigenvalue weighted by atomic mass is 10.1. The fourth-order valence-corrected chi connectivity index (χ4v) is 2.42. The summed E-state index contributed by atoms with van der Waals surface area (Å²) < 4.78 is 0. The first-order valence-electron chi connectivity index (χ1n) is 6.35. The van der Waals surface area contributed by atoms with Gasteiger partial charge in [0.2, 0.25) is 0 Å². The van der Waals surface area contributed by atoms with Crippen LogP contribution in [0.2, 0.25) is 0 Å². The van der Waals surface area contributed by atoms with E-state index < -0.39 is 0 Å². The third-order valence-corrected chi connectivity index (χ3v) is 3.45. The van der Waals surface area contributed by atoms with Crippen LogP contribution >= 0.6 is 12.2 Å². The Hall–Kier alpha value is -1.42. The van der Waals surface area contributed by atoms with E-state index in [1.165, 1.54) is 17.5 Å². The van der Waals surface area contributed by atoms with Crippen molar-refractivity contribution in [3.05, 3.63) is 34.9 Å². The molecule has 3 nitrogen and oxygen atoms in total. The van der Waals surface area contributed by atoms with Crippen LogP contribution in [0.3, 0.4) is 0 Å². The van der Waals surface area contributed by atoms with E-state index in [2.05, 4.69) is 11.4 Å². The molecule has 0 atom stereocenters. The van der Waals surface area contributed by atoms with Crippen molar-refractivity contribution in [2.45, 2.75) is 32.1 Å². The van der Waals surface area contributed by atoms with Crippen LogP contribution in [0.25, 0.3) is 0 Å². The number of aryl methyl sites for hydroxylation is 2. The highest BCUT2D eigenvalue weighted by Gasteiger charge is 2.13. The SMILES string of the molecule is NC(=S)CCCNC(=O)c1ccc2c(c1)CCC2. The van der Waals surface area contributed by atoms with Gasteiger partial charge in [-0.25, -0.2) is 0 Å². The van der Waals surface area contributed by atoms with Gasteiger partial charge in [-0.1, -0.05) is 18.3 Å². The molecule has 0 saturated heterocycles.